The van der Waals surface area contributed by atoms with Gasteiger partial charge in [-0.3, -0.25) is 14.5 Å². The number of rotatable bonds is 5. The lowest BCUT2D eigenvalue weighted by molar-refractivity contribution is -0.125. The number of hydrogen-bond donors (Lipinski definition) is 2. The molecule has 1 aromatic heterocycles. The molecule has 3 rings (SSSR count). The lowest BCUT2D eigenvalue weighted by atomic mass is 10.2. The number of nitrogens with one attached hydrogen (secondary N) is 2. The van der Waals surface area contributed by atoms with Crippen LogP contribution >= 0.6 is 11.3 Å². The first kappa shape index (κ1) is 16.4. The summed E-state index contributed by atoms with van der Waals surface area (Å²) in [6.07, 6.45) is 0. The van der Waals surface area contributed by atoms with E-state index in [1.807, 2.05) is 34.5 Å². The van der Waals surface area contributed by atoms with Gasteiger partial charge in [0.05, 0.1) is 25.9 Å². The van der Waals surface area contributed by atoms with Crippen LogP contribution in [0, 0.1) is 0 Å². The molecule has 0 unspecified atom stereocenters. The lowest BCUT2D eigenvalue weighted by Gasteiger charge is -2.25. The third kappa shape index (κ3) is 4.09. The largest absolute Gasteiger partial charge is 0.497 e. The van der Waals surface area contributed by atoms with Crippen molar-refractivity contribution in [3.05, 3.63) is 29.6 Å². The minimum atomic E-state index is -0.166. The first-order valence-corrected chi connectivity index (χ1v) is 8.41. The smallest absolute Gasteiger partial charge is 0.240 e. The summed E-state index contributed by atoms with van der Waals surface area (Å²) in [4.78, 5) is 29.6. The number of benzene rings is 1. The van der Waals surface area contributed by atoms with Crippen molar-refractivity contribution >= 4 is 28.3 Å². The highest BCUT2D eigenvalue weighted by atomic mass is 32.1. The average Bonchev–Trinajstić information content (AvgIpc) is 3.03. The second-order valence-corrected chi connectivity index (χ2v) is 6.23. The number of aromatic nitrogens is 1. The molecule has 7 nitrogen and oxygen atoms in total. The number of ether oxygens (including phenoxy) is 1. The van der Waals surface area contributed by atoms with Gasteiger partial charge in [0.15, 0.2) is 5.13 Å². The summed E-state index contributed by atoms with van der Waals surface area (Å²) in [5.41, 5.74) is 1.76. The Morgan fingerprint density at radius 1 is 1.42 bits per heavy atom. The summed E-state index contributed by atoms with van der Waals surface area (Å²) in [5.74, 6) is 0.568. The summed E-state index contributed by atoms with van der Waals surface area (Å²) >= 11 is 1.37. The van der Waals surface area contributed by atoms with Gasteiger partial charge in [0.1, 0.15) is 5.75 Å². The predicted molar refractivity (Wildman–Crippen MR) is 92.2 cm³/mol. The second-order valence-electron chi connectivity index (χ2n) is 5.38. The molecule has 8 heteroatoms. The Kier molecular flexibility index (Phi) is 5.07. The number of hydrogen-bond acceptors (Lipinski definition) is 6. The van der Waals surface area contributed by atoms with Crippen LogP contribution in [-0.4, -0.2) is 55.0 Å². The summed E-state index contributed by atoms with van der Waals surface area (Å²) in [6, 6.07) is 7.58. The topological polar surface area (TPSA) is 83.6 Å². The molecule has 1 aliphatic heterocycles. The summed E-state index contributed by atoms with van der Waals surface area (Å²) < 4.78 is 5.13. The van der Waals surface area contributed by atoms with Crippen LogP contribution in [0.3, 0.4) is 0 Å². The van der Waals surface area contributed by atoms with Crippen molar-refractivity contribution in [1.82, 2.24) is 15.2 Å². The van der Waals surface area contributed by atoms with Crippen LogP contribution in [0.5, 0.6) is 5.75 Å². The highest BCUT2D eigenvalue weighted by Gasteiger charge is 2.19. The highest BCUT2D eigenvalue weighted by Crippen LogP contribution is 2.26. The van der Waals surface area contributed by atoms with Gasteiger partial charge in [-0.1, -0.05) is 0 Å². The van der Waals surface area contributed by atoms with E-state index < -0.39 is 0 Å². The first-order valence-electron chi connectivity index (χ1n) is 7.53. The van der Waals surface area contributed by atoms with Crippen molar-refractivity contribution in [3.63, 3.8) is 0 Å². The monoisotopic (exact) mass is 346 g/mol. The summed E-state index contributed by atoms with van der Waals surface area (Å²) in [6.45, 7) is 1.69. The number of nitrogens with zero attached hydrogens (tertiary/aromatic N) is 2. The van der Waals surface area contributed by atoms with Crippen LogP contribution in [0.4, 0.5) is 5.13 Å². The van der Waals surface area contributed by atoms with Crippen LogP contribution in [0.2, 0.25) is 0 Å². The number of amides is 2. The molecule has 0 aliphatic carbocycles. The quantitative estimate of drug-likeness (QED) is 0.850. The zero-order valence-electron chi connectivity index (χ0n) is 13.2. The standard InChI is InChI=1S/C16H18N4O3S/c1-23-12-4-2-11(3-5-12)13-10-24-16(18-13)19-15(22)9-20-7-6-17-14(21)8-20/h2-5,10H,6-9H2,1H3,(H,17,21)(H,18,19,22). The van der Waals surface area contributed by atoms with Crippen LogP contribution in [-0.2, 0) is 9.59 Å². The predicted octanol–water partition coefficient (Wildman–Crippen LogP) is 1.19. The van der Waals surface area contributed by atoms with Gasteiger partial charge in [0, 0.05) is 24.0 Å². The SMILES string of the molecule is COc1ccc(-c2csc(NC(=O)CN3CCNC(=O)C3)n2)cc1. The number of anilines is 1. The molecule has 2 heterocycles. The molecular weight excluding hydrogens is 328 g/mol. The molecule has 0 bridgehead atoms. The van der Waals surface area contributed by atoms with E-state index in [-0.39, 0.29) is 24.9 Å². The van der Waals surface area contributed by atoms with E-state index >= 15 is 0 Å². The minimum absolute atomic E-state index is 0.0508. The maximum Gasteiger partial charge on any atom is 0.240 e. The fraction of sp³-hybridized carbons (Fsp3) is 0.312. The third-order valence-corrected chi connectivity index (χ3v) is 4.38. The van der Waals surface area contributed by atoms with Crippen LogP contribution in [0.15, 0.2) is 29.6 Å². The van der Waals surface area contributed by atoms with Crippen molar-refractivity contribution in [3.8, 4) is 17.0 Å². The van der Waals surface area contributed by atoms with Crippen molar-refractivity contribution in [2.24, 2.45) is 0 Å². The number of thiazole rings is 1. The molecule has 24 heavy (non-hydrogen) atoms. The normalized spacial score (nSPS) is 15.0. The molecule has 1 fully saturated rings. The Morgan fingerprint density at radius 3 is 2.92 bits per heavy atom. The van der Waals surface area contributed by atoms with Crippen molar-refractivity contribution in [1.29, 1.82) is 0 Å². The molecule has 1 aromatic carbocycles. The molecule has 0 saturated carbocycles. The molecular formula is C16H18N4O3S. The van der Waals surface area contributed by atoms with Gasteiger partial charge >= 0.3 is 0 Å². The highest BCUT2D eigenvalue weighted by molar-refractivity contribution is 7.14. The summed E-state index contributed by atoms with van der Waals surface area (Å²) in [5, 5.41) is 7.96. The van der Waals surface area contributed by atoms with Gasteiger partial charge in [0.25, 0.3) is 0 Å². The first-order chi connectivity index (χ1) is 11.6. The van der Waals surface area contributed by atoms with Crippen molar-refractivity contribution < 1.29 is 14.3 Å². The van der Waals surface area contributed by atoms with E-state index in [0.29, 0.717) is 18.2 Å². The van der Waals surface area contributed by atoms with Gasteiger partial charge in [-0.15, -0.1) is 11.3 Å². The lowest BCUT2D eigenvalue weighted by Crippen LogP contribution is -2.49. The Hall–Kier alpha value is -2.45. The number of piperazine rings is 1. The van der Waals surface area contributed by atoms with Crippen LogP contribution < -0.4 is 15.4 Å². The molecule has 0 spiro atoms. The van der Waals surface area contributed by atoms with E-state index in [9.17, 15) is 9.59 Å². The van der Waals surface area contributed by atoms with E-state index in [1.165, 1.54) is 11.3 Å². The molecule has 2 amide bonds. The maximum absolute atomic E-state index is 12.1. The van der Waals surface area contributed by atoms with Gasteiger partial charge in [0.2, 0.25) is 11.8 Å². The molecule has 126 valence electrons. The maximum atomic E-state index is 12.1. The number of carbonyl (C=O) groups excluding carboxylic acids is 2. The van der Waals surface area contributed by atoms with Gasteiger partial charge in [-0.2, -0.15) is 0 Å². The fourth-order valence-electron chi connectivity index (χ4n) is 2.41. The summed E-state index contributed by atoms with van der Waals surface area (Å²) in [7, 11) is 1.62. The average molecular weight is 346 g/mol. The molecule has 2 aromatic rings. The van der Waals surface area contributed by atoms with E-state index in [4.69, 9.17) is 4.74 Å². The van der Waals surface area contributed by atoms with E-state index in [1.54, 1.807) is 7.11 Å². The van der Waals surface area contributed by atoms with Gasteiger partial charge in [-0.05, 0) is 24.3 Å². The molecule has 1 saturated heterocycles. The molecule has 0 radical (unpaired) electrons. The Bertz CT molecular complexity index is 729. The van der Waals surface area contributed by atoms with Crippen molar-refractivity contribution in [2.75, 3.05) is 38.6 Å². The van der Waals surface area contributed by atoms with E-state index in [2.05, 4.69) is 15.6 Å². The number of methoxy groups -OCH3 is 1. The second kappa shape index (κ2) is 7.41. The van der Waals surface area contributed by atoms with Crippen molar-refractivity contribution in [2.45, 2.75) is 0 Å². The van der Waals surface area contributed by atoms with Gasteiger partial charge < -0.3 is 15.4 Å². The zero-order valence-corrected chi connectivity index (χ0v) is 14.1. The van der Waals surface area contributed by atoms with Crippen LogP contribution in [0.25, 0.3) is 11.3 Å². The molecule has 2 N–H and O–H groups in total. The van der Waals surface area contributed by atoms with Crippen LogP contribution in [0.1, 0.15) is 0 Å². The Morgan fingerprint density at radius 2 is 2.21 bits per heavy atom. The zero-order chi connectivity index (χ0) is 16.9. The Labute approximate surface area is 143 Å². The fourth-order valence-corrected chi connectivity index (χ4v) is 3.15. The molecule has 1 aliphatic rings. The minimum Gasteiger partial charge on any atom is -0.497 e. The number of carbonyl (C=O) groups is 2. The Balaban J connectivity index is 1.58. The molecule has 0 atom stereocenters. The van der Waals surface area contributed by atoms with Gasteiger partial charge in [-0.25, -0.2) is 4.98 Å². The van der Waals surface area contributed by atoms with E-state index in [0.717, 1.165) is 17.0 Å². The third-order valence-electron chi connectivity index (χ3n) is 3.62.